The molecule has 0 aliphatic heterocycles. The minimum absolute atomic E-state index is 0.123. The lowest BCUT2D eigenvalue weighted by Gasteiger charge is -2.32. The van der Waals surface area contributed by atoms with Gasteiger partial charge in [-0.1, -0.05) is 20.8 Å². The summed E-state index contributed by atoms with van der Waals surface area (Å²) in [4.78, 5) is 8.01. The first-order chi connectivity index (χ1) is 7.15. The van der Waals surface area contributed by atoms with Crippen LogP contribution in [0.15, 0.2) is 12.3 Å². The van der Waals surface area contributed by atoms with Gasteiger partial charge in [-0.2, -0.15) is 0 Å². The highest BCUT2D eigenvalue weighted by atomic mass is 35.5. The summed E-state index contributed by atoms with van der Waals surface area (Å²) in [5.74, 6) is 0.806. The molecule has 0 saturated heterocycles. The second-order valence-electron chi connectivity index (χ2n) is 3.68. The van der Waals surface area contributed by atoms with Crippen LogP contribution < -0.4 is 5.32 Å². The normalized spacial score (nSPS) is 11.5. The van der Waals surface area contributed by atoms with Crippen molar-refractivity contribution in [1.29, 1.82) is 0 Å². The van der Waals surface area contributed by atoms with E-state index in [1.165, 1.54) is 0 Å². The lowest BCUT2D eigenvalue weighted by molar-refractivity contribution is 0.419. The third-order valence-electron chi connectivity index (χ3n) is 3.05. The van der Waals surface area contributed by atoms with Crippen LogP contribution in [-0.4, -0.2) is 15.5 Å². The van der Waals surface area contributed by atoms with E-state index in [9.17, 15) is 0 Å². The zero-order valence-corrected chi connectivity index (χ0v) is 10.3. The topological polar surface area (TPSA) is 37.8 Å². The Hall–Kier alpha value is -0.830. The molecule has 0 spiro atoms. The van der Waals surface area contributed by atoms with E-state index in [1.807, 2.05) is 6.07 Å². The van der Waals surface area contributed by atoms with E-state index < -0.39 is 0 Å². The van der Waals surface area contributed by atoms with Crippen molar-refractivity contribution < 1.29 is 0 Å². The van der Waals surface area contributed by atoms with Crippen molar-refractivity contribution >= 4 is 17.4 Å². The summed E-state index contributed by atoms with van der Waals surface area (Å²) in [5, 5.41) is 3.74. The first-order valence-electron chi connectivity index (χ1n) is 5.42. The number of hydrogen-bond acceptors (Lipinski definition) is 3. The van der Waals surface area contributed by atoms with Crippen molar-refractivity contribution in [3.63, 3.8) is 0 Å². The molecular weight excluding hydrogens is 210 g/mol. The van der Waals surface area contributed by atoms with Crippen molar-refractivity contribution in [2.45, 2.75) is 45.6 Å². The van der Waals surface area contributed by atoms with Crippen LogP contribution in [0.4, 0.5) is 5.82 Å². The fourth-order valence-corrected chi connectivity index (χ4v) is 1.84. The summed E-state index contributed by atoms with van der Waals surface area (Å²) < 4.78 is 0. The van der Waals surface area contributed by atoms with Gasteiger partial charge in [-0.25, -0.2) is 9.97 Å². The van der Waals surface area contributed by atoms with Gasteiger partial charge in [0, 0.05) is 11.7 Å². The molecule has 84 valence electrons. The van der Waals surface area contributed by atoms with Crippen LogP contribution >= 0.6 is 11.6 Å². The molecule has 1 aromatic heterocycles. The van der Waals surface area contributed by atoms with Gasteiger partial charge in [0.05, 0.1) is 0 Å². The molecule has 15 heavy (non-hydrogen) atoms. The third kappa shape index (κ3) is 3.06. The molecule has 1 N–H and O–H groups in total. The molecule has 1 aromatic rings. The number of rotatable bonds is 5. The summed E-state index contributed by atoms with van der Waals surface area (Å²) in [6, 6.07) is 1.85. The van der Waals surface area contributed by atoms with E-state index in [0.29, 0.717) is 0 Å². The quantitative estimate of drug-likeness (QED) is 0.783. The molecule has 4 heteroatoms. The maximum absolute atomic E-state index is 5.74. The van der Waals surface area contributed by atoms with E-state index >= 15 is 0 Å². The molecule has 3 nitrogen and oxygen atoms in total. The van der Waals surface area contributed by atoms with Gasteiger partial charge >= 0.3 is 0 Å². The molecule has 0 bridgehead atoms. The van der Waals surface area contributed by atoms with Crippen LogP contribution in [0.25, 0.3) is 0 Å². The summed E-state index contributed by atoms with van der Waals surface area (Å²) >= 11 is 5.74. The SMILES string of the molecule is CCC(CC)(CC)Nc1ccnc(Cl)n1. The van der Waals surface area contributed by atoms with Gasteiger partial charge < -0.3 is 5.32 Å². The van der Waals surface area contributed by atoms with E-state index in [-0.39, 0.29) is 10.8 Å². The molecule has 0 saturated carbocycles. The number of hydrogen-bond donors (Lipinski definition) is 1. The highest BCUT2D eigenvalue weighted by molar-refractivity contribution is 6.28. The van der Waals surface area contributed by atoms with Crippen molar-refractivity contribution in [3.05, 3.63) is 17.5 Å². The lowest BCUT2D eigenvalue weighted by Crippen LogP contribution is -2.36. The van der Waals surface area contributed by atoms with Gasteiger partial charge in [-0.15, -0.1) is 0 Å². The second kappa shape index (κ2) is 5.31. The Bertz CT molecular complexity index is 302. The molecule has 1 heterocycles. The number of anilines is 1. The van der Waals surface area contributed by atoms with Crippen LogP contribution in [0.5, 0.6) is 0 Å². The van der Waals surface area contributed by atoms with E-state index in [1.54, 1.807) is 6.20 Å². The van der Waals surface area contributed by atoms with E-state index in [2.05, 4.69) is 36.1 Å². The minimum atomic E-state index is 0.123. The van der Waals surface area contributed by atoms with Crippen LogP contribution in [0.2, 0.25) is 5.28 Å². The average Bonchev–Trinajstić information content (AvgIpc) is 2.26. The molecule has 0 aromatic carbocycles. The molecular formula is C11H18ClN3. The highest BCUT2D eigenvalue weighted by Gasteiger charge is 2.23. The average molecular weight is 228 g/mol. The predicted octanol–water partition coefficient (Wildman–Crippen LogP) is 3.51. The fourth-order valence-electron chi connectivity index (χ4n) is 1.69. The fraction of sp³-hybridized carbons (Fsp3) is 0.636. The summed E-state index contributed by atoms with van der Waals surface area (Å²) in [6.45, 7) is 6.55. The monoisotopic (exact) mass is 227 g/mol. The Balaban J connectivity index is 2.82. The minimum Gasteiger partial charge on any atom is -0.365 e. The predicted molar refractivity (Wildman–Crippen MR) is 64.3 cm³/mol. The molecule has 0 unspecified atom stereocenters. The Morgan fingerprint density at radius 1 is 1.27 bits per heavy atom. The van der Waals surface area contributed by atoms with Gasteiger partial charge in [0.15, 0.2) is 0 Å². The number of halogens is 1. The summed E-state index contributed by atoms with van der Waals surface area (Å²) in [7, 11) is 0. The molecule has 0 fully saturated rings. The maximum atomic E-state index is 5.74. The van der Waals surface area contributed by atoms with Crippen molar-refractivity contribution in [1.82, 2.24) is 9.97 Å². The van der Waals surface area contributed by atoms with Crippen molar-refractivity contribution in [2.75, 3.05) is 5.32 Å². The van der Waals surface area contributed by atoms with Gasteiger partial charge in [0.1, 0.15) is 5.82 Å². The maximum Gasteiger partial charge on any atom is 0.224 e. The zero-order valence-electron chi connectivity index (χ0n) is 9.55. The molecule has 0 amide bonds. The summed E-state index contributed by atoms with van der Waals surface area (Å²) in [6.07, 6.45) is 4.88. The van der Waals surface area contributed by atoms with Crippen molar-refractivity contribution in [3.8, 4) is 0 Å². The third-order valence-corrected chi connectivity index (χ3v) is 3.23. The Kier molecular flexibility index (Phi) is 4.33. The van der Waals surface area contributed by atoms with Gasteiger partial charge in [0.2, 0.25) is 5.28 Å². The Morgan fingerprint density at radius 3 is 2.33 bits per heavy atom. The second-order valence-corrected chi connectivity index (χ2v) is 4.01. The Labute approximate surface area is 96.3 Å². The van der Waals surface area contributed by atoms with Crippen LogP contribution in [-0.2, 0) is 0 Å². The first kappa shape index (κ1) is 12.2. The number of aromatic nitrogens is 2. The Morgan fingerprint density at radius 2 is 1.87 bits per heavy atom. The molecule has 0 radical (unpaired) electrons. The molecule has 1 rings (SSSR count). The number of nitrogens with zero attached hydrogens (tertiary/aromatic N) is 2. The molecule has 0 aliphatic rings. The molecule has 0 aliphatic carbocycles. The van der Waals surface area contributed by atoms with Gasteiger partial charge in [-0.3, -0.25) is 0 Å². The lowest BCUT2D eigenvalue weighted by atomic mass is 9.90. The standard InChI is InChI=1S/C11H18ClN3/c1-4-11(5-2,6-3)15-9-7-8-13-10(12)14-9/h7-8H,4-6H2,1-3H3,(H,13,14,15). The summed E-state index contributed by atoms with van der Waals surface area (Å²) in [5.41, 5.74) is 0.123. The van der Waals surface area contributed by atoms with Gasteiger partial charge in [-0.05, 0) is 36.9 Å². The molecule has 0 atom stereocenters. The zero-order chi connectivity index (χ0) is 11.3. The van der Waals surface area contributed by atoms with Crippen LogP contribution in [0.1, 0.15) is 40.0 Å². The number of nitrogens with one attached hydrogen (secondary N) is 1. The highest BCUT2D eigenvalue weighted by Crippen LogP contribution is 2.24. The van der Waals surface area contributed by atoms with E-state index in [0.717, 1.165) is 25.1 Å². The first-order valence-corrected chi connectivity index (χ1v) is 5.80. The van der Waals surface area contributed by atoms with Crippen molar-refractivity contribution in [2.24, 2.45) is 0 Å². The van der Waals surface area contributed by atoms with Crippen LogP contribution in [0.3, 0.4) is 0 Å². The largest absolute Gasteiger partial charge is 0.365 e. The van der Waals surface area contributed by atoms with E-state index in [4.69, 9.17) is 11.6 Å². The van der Waals surface area contributed by atoms with Gasteiger partial charge in [0.25, 0.3) is 0 Å². The van der Waals surface area contributed by atoms with Crippen LogP contribution in [0, 0.1) is 0 Å². The smallest absolute Gasteiger partial charge is 0.224 e.